The monoisotopic (exact) mass is 410 g/mol. The van der Waals surface area contributed by atoms with Crippen molar-refractivity contribution in [3.05, 3.63) is 78.6 Å². The summed E-state index contributed by atoms with van der Waals surface area (Å²) in [6.07, 6.45) is 3.78. The molecule has 1 N–H and O–H groups in total. The average Bonchev–Trinajstić information content (AvgIpc) is 3.27. The average molecular weight is 410 g/mol. The molecule has 150 valence electrons. The van der Waals surface area contributed by atoms with Gasteiger partial charge in [-0.25, -0.2) is 13.1 Å². The van der Waals surface area contributed by atoms with Gasteiger partial charge < -0.3 is 4.74 Å². The Balaban J connectivity index is 1.68. The van der Waals surface area contributed by atoms with Crippen LogP contribution in [-0.4, -0.2) is 30.3 Å². The van der Waals surface area contributed by atoms with Gasteiger partial charge in [0.1, 0.15) is 12.4 Å². The SMILES string of the molecule is CCC(C#N)(COc1ccc(-n2cccn2)cc1)NS(=O)(=O)Cc1ccccc1. The molecule has 0 radical (unpaired) electrons. The number of hydrogen-bond donors (Lipinski definition) is 1. The van der Waals surface area contributed by atoms with E-state index in [4.69, 9.17) is 4.74 Å². The van der Waals surface area contributed by atoms with Crippen molar-refractivity contribution in [2.45, 2.75) is 24.6 Å². The minimum absolute atomic E-state index is 0.102. The lowest BCUT2D eigenvalue weighted by molar-refractivity contribution is 0.236. The highest BCUT2D eigenvalue weighted by Gasteiger charge is 2.34. The Kier molecular flexibility index (Phi) is 6.32. The fourth-order valence-corrected chi connectivity index (χ4v) is 4.34. The molecule has 29 heavy (non-hydrogen) atoms. The van der Waals surface area contributed by atoms with E-state index in [1.54, 1.807) is 54.2 Å². The van der Waals surface area contributed by atoms with Gasteiger partial charge in [0, 0.05) is 12.4 Å². The van der Waals surface area contributed by atoms with Crippen LogP contribution in [0.3, 0.4) is 0 Å². The Bertz CT molecular complexity index is 1060. The molecule has 1 aromatic heterocycles. The van der Waals surface area contributed by atoms with Gasteiger partial charge in [0.15, 0.2) is 5.54 Å². The van der Waals surface area contributed by atoms with Crippen molar-refractivity contribution in [2.75, 3.05) is 6.61 Å². The van der Waals surface area contributed by atoms with Crippen molar-refractivity contribution in [2.24, 2.45) is 0 Å². The lowest BCUT2D eigenvalue weighted by atomic mass is 10.0. The van der Waals surface area contributed by atoms with Crippen molar-refractivity contribution in [1.82, 2.24) is 14.5 Å². The van der Waals surface area contributed by atoms with Gasteiger partial charge in [0.2, 0.25) is 10.0 Å². The molecular weight excluding hydrogens is 388 g/mol. The molecule has 0 aliphatic rings. The molecule has 0 fully saturated rings. The van der Waals surface area contributed by atoms with Gasteiger partial charge >= 0.3 is 0 Å². The third-order valence-electron chi connectivity index (χ3n) is 4.46. The Morgan fingerprint density at radius 1 is 1.14 bits per heavy atom. The minimum atomic E-state index is -3.72. The van der Waals surface area contributed by atoms with Crippen LogP contribution in [0.15, 0.2) is 73.1 Å². The van der Waals surface area contributed by atoms with Crippen molar-refractivity contribution < 1.29 is 13.2 Å². The number of rotatable bonds is 9. The second kappa shape index (κ2) is 8.90. The molecule has 0 amide bonds. The van der Waals surface area contributed by atoms with Gasteiger partial charge in [-0.1, -0.05) is 37.3 Å². The maximum Gasteiger partial charge on any atom is 0.217 e. The first-order chi connectivity index (χ1) is 14.0. The molecule has 3 aromatic rings. The summed E-state index contributed by atoms with van der Waals surface area (Å²) in [5.41, 5.74) is 0.167. The first kappa shape index (κ1) is 20.6. The van der Waals surface area contributed by atoms with E-state index in [1.165, 1.54) is 0 Å². The lowest BCUT2D eigenvalue weighted by Gasteiger charge is -2.26. The molecule has 1 heterocycles. The molecule has 7 nitrogen and oxygen atoms in total. The topological polar surface area (TPSA) is 97.0 Å². The van der Waals surface area contributed by atoms with Crippen molar-refractivity contribution in [1.29, 1.82) is 5.26 Å². The molecule has 0 bridgehead atoms. The summed E-state index contributed by atoms with van der Waals surface area (Å²) in [6.45, 7) is 1.65. The molecule has 0 saturated carbocycles. The van der Waals surface area contributed by atoms with E-state index in [0.29, 0.717) is 11.3 Å². The number of ether oxygens (including phenoxy) is 1. The molecule has 0 saturated heterocycles. The Hall–Kier alpha value is -3.15. The number of benzene rings is 2. The van der Waals surface area contributed by atoms with Crippen LogP contribution in [-0.2, 0) is 15.8 Å². The van der Waals surface area contributed by atoms with Crippen LogP contribution in [0.25, 0.3) is 5.69 Å². The molecule has 0 aliphatic heterocycles. The van der Waals surface area contributed by atoms with Gasteiger partial charge in [-0.15, -0.1) is 0 Å². The van der Waals surface area contributed by atoms with E-state index in [-0.39, 0.29) is 18.8 Å². The van der Waals surface area contributed by atoms with Crippen LogP contribution in [0.2, 0.25) is 0 Å². The lowest BCUT2D eigenvalue weighted by Crippen LogP contribution is -2.51. The highest BCUT2D eigenvalue weighted by molar-refractivity contribution is 7.88. The number of aromatic nitrogens is 2. The summed E-state index contributed by atoms with van der Waals surface area (Å²) in [5, 5.41) is 13.8. The first-order valence-corrected chi connectivity index (χ1v) is 10.8. The first-order valence-electron chi connectivity index (χ1n) is 9.15. The molecule has 2 aromatic carbocycles. The van der Waals surface area contributed by atoms with Gasteiger partial charge in [0.25, 0.3) is 0 Å². The van der Waals surface area contributed by atoms with E-state index in [0.717, 1.165) is 5.69 Å². The number of sulfonamides is 1. The number of hydrogen-bond acceptors (Lipinski definition) is 5. The predicted molar refractivity (Wildman–Crippen MR) is 110 cm³/mol. The summed E-state index contributed by atoms with van der Waals surface area (Å²) in [7, 11) is -3.72. The zero-order valence-corrected chi connectivity index (χ0v) is 16.8. The zero-order chi connectivity index (χ0) is 20.7. The van der Waals surface area contributed by atoms with Crippen LogP contribution in [0.1, 0.15) is 18.9 Å². The predicted octanol–water partition coefficient (Wildman–Crippen LogP) is 3.04. The Labute approximate surface area is 170 Å². The molecule has 0 aliphatic carbocycles. The quantitative estimate of drug-likeness (QED) is 0.585. The molecule has 3 rings (SSSR count). The number of nitrogens with zero attached hydrogens (tertiary/aromatic N) is 3. The molecular formula is C21H22N4O3S. The van der Waals surface area contributed by atoms with Crippen LogP contribution in [0.4, 0.5) is 0 Å². The Morgan fingerprint density at radius 3 is 2.45 bits per heavy atom. The summed E-state index contributed by atoms with van der Waals surface area (Å²) in [6, 6.07) is 19.9. The van der Waals surface area contributed by atoms with E-state index >= 15 is 0 Å². The molecule has 8 heteroatoms. The Morgan fingerprint density at radius 2 is 1.86 bits per heavy atom. The van der Waals surface area contributed by atoms with Gasteiger partial charge in [-0.2, -0.15) is 15.1 Å². The van der Waals surface area contributed by atoms with Crippen molar-refractivity contribution >= 4 is 10.0 Å². The molecule has 0 spiro atoms. The second-order valence-electron chi connectivity index (χ2n) is 6.63. The largest absolute Gasteiger partial charge is 0.491 e. The van der Waals surface area contributed by atoms with Crippen molar-refractivity contribution in [3.8, 4) is 17.5 Å². The molecule has 1 unspecified atom stereocenters. The summed E-state index contributed by atoms with van der Waals surface area (Å²) < 4.78 is 35.2. The zero-order valence-electron chi connectivity index (χ0n) is 16.0. The highest BCUT2D eigenvalue weighted by atomic mass is 32.2. The third kappa shape index (κ3) is 5.44. The normalized spacial score (nSPS) is 13.4. The third-order valence-corrected chi connectivity index (χ3v) is 5.87. The standard InChI is InChI=1S/C21H22N4O3S/c1-2-21(16-22,24-29(26,27)15-18-7-4-3-5-8-18)17-28-20-11-9-19(10-12-20)25-14-6-13-23-25/h3-14,24H,2,15,17H2,1H3. The van der Waals surface area contributed by atoms with E-state index in [1.807, 2.05) is 30.5 Å². The van der Waals surface area contributed by atoms with Crippen LogP contribution in [0, 0.1) is 11.3 Å². The van der Waals surface area contributed by atoms with E-state index < -0.39 is 15.6 Å². The maximum atomic E-state index is 12.6. The summed E-state index contributed by atoms with van der Waals surface area (Å²) in [5.74, 6) is 0.340. The maximum absolute atomic E-state index is 12.6. The van der Waals surface area contributed by atoms with Crippen LogP contribution in [0.5, 0.6) is 5.75 Å². The fraction of sp³-hybridized carbons (Fsp3) is 0.238. The van der Waals surface area contributed by atoms with Gasteiger partial charge in [0.05, 0.1) is 17.5 Å². The van der Waals surface area contributed by atoms with E-state index in [2.05, 4.69) is 15.9 Å². The number of nitrogens with one attached hydrogen (secondary N) is 1. The summed E-state index contributed by atoms with van der Waals surface area (Å²) in [4.78, 5) is 0. The minimum Gasteiger partial charge on any atom is -0.491 e. The van der Waals surface area contributed by atoms with Crippen LogP contribution < -0.4 is 9.46 Å². The highest BCUT2D eigenvalue weighted by Crippen LogP contribution is 2.19. The molecule has 1 atom stereocenters. The van der Waals surface area contributed by atoms with Gasteiger partial charge in [-0.05, 0) is 42.3 Å². The van der Waals surface area contributed by atoms with Crippen LogP contribution >= 0.6 is 0 Å². The smallest absolute Gasteiger partial charge is 0.217 e. The van der Waals surface area contributed by atoms with E-state index in [9.17, 15) is 13.7 Å². The summed E-state index contributed by atoms with van der Waals surface area (Å²) >= 11 is 0. The van der Waals surface area contributed by atoms with Crippen molar-refractivity contribution in [3.63, 3.8) is 0 Å². The fourth-order valence-electron chi connectivity index (χ4n) is 2.79. The van der Waals surface area contributed by atoms with Gasteiger partial charge in [-0.3, -0.25) is 0 Å². The second-order valence-corrected chi connectivity index (χ2v) is 8.35. The number of nitriles is 1.